The molecular weight excluding hydrogens is 174 g/mol. The van der Waals surface area contributed by atoms with E-state index in [1.54, 1.807) is 0 Å². The second-order valence-electron chi connectivity index (χ2n) is 4.85. The van der Waals surface area contributed by atoms with Crippen molar-refractivity contribution in [1.29, 1.82) is 0 Å². The van der Waals surface area contributed by atoms with Crippen molar-refractivity contribution in [2.24, 2.45) is 11.8 Å². The summed E-state index contributed by atoms with van der Waals surface area (Å²) in [7, 11) is 2.24. The second kappa shape index (κ2) is 3.09. The molecule has 2 aliphatic rings. The van der Waals surface area contributed by atoms with Gasteiger partial charge < -0.3 is 4.90 Å². The first kappa shape index (κ1) is 8.48. The van der Waals surface area contributed by atoms with Gasteiger partial charge >= 0.3 is 0 Å². The normalized spacial score (nSPS) is 32.4. The molecule has 2 atom stereocenters. The highest BCUT2D eigenvalue weighted by molar-refractivity contribution is 5.21. The van der Waals surface area contributed by atoms with Crippen molar-refractivity contribution in [1.82, 2.24) is 15.1 Å². The Morgan fingerprint density at radius 1 is 1.43 bits per heavy atom. The lowest BCUT2D eigenvalue weighted by molar-refractivity contribution is 0.134. The van der Waals surface area contributed by atoms with E-state index < -0.39 is 0 Å². The fourth-order valence-electron chi connectivity index (χ4n) is 3.00. The number of fused-ring (bicyclic) bond motifs is 2. The van der Waals surface area contributed by atoms with E-state index in [1.807, 2.05) is 6.20 Å². The molecule has 3 rings (SSSR count). The lowest BCUT2D eigenvalue weighted by atomic mass is 9.75. The number of hydrogen-bond donors (Lipinski definition) is 1. The number of H-pyrrole nitrogens is 1. The number of aromatic amines is 1. The van der Waals surface area contributed by atoms with Crippen molar-refractivity contribution in [2.75, 3.05) is 20.1 Å². The summed E-state index contributed by atoms with van der Waals surface area (Å²) in [6.07, 6.45) is 5.84. The molecule has 1 aromatic rings. The van der Waals surface area contributed by atoms with E-state index in [0.29, 0.717) is 0 Å². The minimum absolute atomic E-state index is 0.874. The van der Waals surface area contributed by atoms with Crippen LogP contribution in [0.25, 0.3) is 0 Å². The predicted octanol–water partition coefficient (Wildman–Crippen LogP) is 1.08. The van der Waals surface area contributed by atoms with E-state index in [-0.39, 0.29) is 0 Å². The summed E-state index contributed by atoms with van der Waals surface area (Å²) in [4.78, 5) is 2.46. The van der Waals surface area contributed by atoms with Crippen molar-refractivity contribution in [2.45, 2.75) is 19.3 Å². The Balaban J connectivity index is 1.85. The first-order valence-corrected chi connectivity index (χ1v) is 5.52. The van der Waals surface area contributed by atoms with E-state index in [1.165, 1.54) is 43.6 Å². The molecular formula is C11H17N3. The molecule has 1 saturated heterocycles. The summed E-state index contributed by atoms with van der Waals surface area (Å²) in [5, 5.41) is 7.28. The minimum Gasteiger partial charge on any atom is -0.306 e. The standard InChI is InChI=1S/C11H17N3/c1-14-3-2-8-5-11-9(6-12-13-11)4-10(8)7-14/h6,8,10H,2-5,7H2,1H3,(H,12,13)/t8-,10+/m1/s1. The Labute approximate surface area is 84.5 Å². The Morgan fingerprint density at radius 3 is 3.29 bits per heavy atom. The summed E-state index contributed by atoms with van der Waals surface area (Å²) in [5.74, 6) is 1.78. The zero-order valence-electron chi connectivity index (χ0n) is 8.66. The van der Waals surface area contributed by atoms with Gasteiger partial charge in [-0.05, 0) is 50.3 Å². The van der Waals surface area contributed by atoms with Gasteiger partial charge in [-0.2, -0.15) is 5.10 Å². The minimum atomic E-state index is 0.874. The second-order valence-corrected chi connectivity index (χ2v) is 4.85. The average Bonchev–Trinajstić information content (AvgIpc) is 2.61. The first-order valence-electron chi connectivity index (χ1n) is 5.52. The molecule has 76 valence electrons. The lowest BCUT2D eigenvalue weighted by Crippen LogP contribution is -2.41. The van der Waals surface area contributed by atoms with Crippen LogP contribution in [0.5, 0.6) is 0 Å². The molecule has 1 aromatic heterocycles. The van der Waals surface area contributed by atoms with Crippen LogP contribution in [0, 0.1) is 11.8 Å². The van der Waals surface area contributed by atoms with Crippen LogP contribution in [-0.4, -0.2) is 35.2 Å². The van der Waals surface area contributed by atoms with Gasteiger partial charge in [-0.3, -0.25) is 5.10 Å². The van der Waals surface area contributed by atoms with Gasteiger partial charge in [0.2, 0.25) is 0 Å². The van der Waals surface area contributed by atoms with Gasteiger partial charge in [-0.25, -0.2) is 0 Å². The van der Waals surface area contributed by atoms with Gasteiger partial charge in [0.05, 0.1) is 6.20 Å². The largest absolute Gasteiger partial charge is 0.306 e. The van der Waals surface area contributed by atoms with E-state index in [9.17, 15) is 0 Å². The third kappa shape index (κ3) is 1.27. The molecule has 1 fully saturated rings. The number of aromatic nitrogens is 2. The molecule has 0 aromatic carbocycles. The molecule has 14 heavy (non-hydrogen) atoms. The number of hydrogen-bond acceptors (Lipinski definition) is 2. The van der Waals surface area contributed by atoms with Gasteiger partial charge in [0, 0.05) is 12.2 Å². The van der Waals surface area contributed by atoms with Crippen LogP contribution in [0.3, 0.4) is 0 Å². The number of nitrogens with one attached hydrogen (secondary N) is 1. The van der Waals surface area contributed by atoms with Crippen LogP contribution in [0.2, 0.25) is 0 Å². The number of nitrogens with zero attached hydrogens (tertiary/aromatic N) is 2. The van der Waals surface area contributed by atoms with Crippen molar-refractivity contribution in [3.63, 3.8) is 0 Å². The molecule has 1 aliphatic heterocycles. The van der Waals surface area contributed by atoms with E-state index >= 15 is 0 Å². The molecule has 0 bridgehead atoms. The molecule has 0 radical (unpaired) electrons. The van der Waals surface area contributed by atoms with Gasteiger partial charge in [0.15, 0.2) is 0 Å². The molecule has 3 nitrogen and oxygen atoms in total. The van der Waals surface area contributed by atoms with Crippen LogP contribution < -0.4 is 0 Å². The summed E-state index contributed by atoms with van der Waals surface area (Å²) >= 11 is 0. The van der Waals surface area contributed by atoms with Gasteiger partial charge in [-0.1, -0.05) is 0 Å². The Bertz CT molecular complexity index is 331. The first-order chi connectivity index (χ1) is 6.83. The summed E-state index contributed by atoms with van der Waals surface area (Å²) in [6, 6.07) is 0. The molecule has 1 N–H and O–H groups in total. The molecule has 0 unspecified atom stereocenters. The topological polar surface area (TPSA) is 31.9 Å². The number of rotatable bonds is 0. The maximum absolute atomic E-state index is 4.14. The summed E-state index contributed by atoms with van der Waals surface area (Å²) < 4.78 is 0. The molecule has 3 heteroatoms. The highest BCUT2D eigenvalue weighted by Crippen LogP contribution is 2.34. The zero-order chi connectivity index (χ0) is 9.54. The van der Waals surface area contributed by atoms with Crippen LogP contribution in [0.4, 0.5) is 0 Å². The Kier molecular flexibility index (Phi) is 1.87. The fourth-order valence-corrected chi connectivity index (χ4v) is 3.00. The van der Waals surface area contributed by atoms with Crippen LogP contribution in [0.1, 0.15) is 17.7 Å². The van der Waals surface area contributed by atoms with E-state index in [0.717, 1.165) is 11.8 Å². The van der Waals surface area contributed by atoms with Crippen molar-refractivity contribution in [3.8, 4) is 0 Å². The van der Waals surface area contributed by atoms with Crippen LogP contribution >= 0.6 is 0 Å². The highest BCUT2D eigenvalue weighted by Gasteiger charge is 2.32. The monoisotopic (exact) mass is 191 g/mol. The summed E-state index contributed by atoms with van der Waals surface area (Å²) in [5.41, 5.74) is 2.86. The Morgan fingerprint density at radius 2 is 2.36 bits per heavy atom. The molecule has 0 saturated carbocycles. The average molecular weight is 191 g/mol. The molecule has 0 amide bonds. The molecule has 1 aliphatic carbocycles. The third-order valence-corrected chi connectivity index (χ3v) is 3.85. The highest BCUT2D eigenvalue weighted by atomic mass is 15.1. The molecule has 2 heterocycles. The third-order valence-electron chi connectivity index (χ3n) is 3.85. The number of likely N-dealkylation sites (tertiary alicyclic amines) is 1. The van der Waals surface area contributed by atoms with Crippen molar-refractivity contribution >= 4 is 0 Å². The van der Waals surface area contributed by atoms with Gasteiger partial charge in [0.25, 0.3) is 0 Å². The predicted molar refractivity (Wildman–Crippen MR) is 55.1 cm³/mol. The Hall–Kier alpha value is -0.830. The fraction of sp³-hybridized carbons (Fsp3) is 0.727. The van der Waals surface area contributed by atoms with E-state index in [4.69, 9.17) is 0 Å². The van der Waals surface area contributed by atoms with Crippen molar-refractivity contribution in [3.05, 3.63) is 17.5 Å². The van der Waals surface area contributed by atoms with E-state index in [2.05, 4.69) is 22.1 Å². The lowest BCUT2D eigenvalue weighted by Gasteiger charge is -2.39. The zero-order valence-corrected chi connectivity index (χ0v) is 8.66. The maximum Gasteiger partial charge on any atom is 0.0522 e. The number of piperidine rings is 1. The quantitative estimate of drug-likeness (QED) is 0.665. The maximum atomic E-state index is 4.14. The smallest absolute Gasteiger partial charge is 0.0522 e. The van der Waals surface area contributed by atoms with Crippen LogP contribution in [-0.2, 0) is 12.8 Å². The summed E-state index contributed by atoms with van der Waals surface area (Å²) in [6.45, 7) is 2.54. The SMILES string of the molecule is CN1CC[C@@H]2Cc3[nH]ncc3C[C@H]2C1. The van der Waals surface area contributed by atoms with Gasteiger partial charge in [0.1, 0.15) is 0 Å². The molecule has 0 spiro atoms. The van der Waals surface area contributed by atoms with Crippen LogP contribution in [0.15, 0.2) is 6.20 Å². The van der Waals surface area contributed by atoms with Gasteiger partial charge in [-0.15, -0.1) is 0 Å². The van der Waals surface area contributed by atoms with Crippen molar-refractivity contribution < 1.29 is 0 Å².